The zero-order chi connectivity index (χ0) is 17.2. The number of carbonyl (C=O) groups excluding carboxylic acids is 1. The summed E-state index contributed by atoms with van der Waals surface area (Å²) in [5.74, 6) is 0.341. The summed E-state index contributed by atoms with van der Waals surface area (Å²) in [6.07, 6.45) is 2.88. The summed E-state index contributed by atoms with van der Waals surface area (Å²) in [5.41, 5.74) is 0.218. The molecule has 0 aromatic carbocycles. The van der Waals surface area contributed by atoms with Crippen molar-refractivity contribution in [2.45, 2.75) is 11.4 Å². The van der Waals surface area contributed by atoms with Crippen LogP contribution in [0.1, 0.15) is 16.2 Å². The Morgan fingerprint density at radius 2 is 2.12 bits per heavy atom. The standard InChI is InChI=1S/C15H19N3O5S/c1-17(11-12-3-2-6-23-12)15(19)14-9-13(10-16-14)24(20,21)18-4-7-22-8-5-18/h2-3,6,9-10,16H,4-5,7-8,11H2,1H3. The van der Waals surface area contributed by atoms with Crippen molar-refractivity contribution in [2.24, 2.45) is 0 Å². The maximum absolute atomic E-state index is 12.6. The Morgan fingerprint density at radius 1 is 1.38 bits per heavy atom. The molecule has 0 radical (unpaired) electrons. The van der Waals surface area contributed by atoms with Crippen LogP contribution >= 0.6 is 0 Å². The maximum atomic E-state index is 12.6. The number of nitrogens with zero attached hydrogens (tertiary/aromatic N) is 2. The second-order valence-electron chi connectivity index (χ2n) is 5.51. The van der Waals surface area contributed by atoms with E-state index < -0.39 is 10.0 Å². The van der Waals surface area contributed by atoms with E-state index in [2.05, 4.69) is 4.98 Å². The highest BCUT2D eigenvalue weighted by atomic mass is 32.2. The van der Waals surface area contributed by atoms with Crippen LogP contribution in [-0.4, -0.2) is 61.9 Å². The quantitative estimate of drug-likeness (QED) is 0.862. The molecular weight excluding hydrogens is 334 g/mol. The van der Waals surface area contributed by atoms with Gasteiger partial charge in [-0.2, -0.15) is 4.31 Å². The number of morpholine rings is 1. The fraction of sp³-hybridized carbons (Fsp3) is 0.400. The average Bonchev–Trinajstić information content (AvgIpc) is 3.26. The van der Waals surface area contributed by atoms with Crippen molar-refractivity contribution in [2.75, 3.05) is 33.4 Å². The fourth-order valence-electron chi connectivity index (χ4n) is 2.50. The highest BCUT2D eigenvalue weighted by molar-refractivity contribution is 7.89. The number of aromatic amines is 1. The highest BCUT2D eigenvalue weighted by Gasteiger charge is 2.28. The first-order chi connectivity index (χ1) is 11.5. The zero-order valence-corrected chi connectivity index (χ0v) is 14.1. The summed E-state index contributed by atoms with van der Waals surface area (Å²) in [4.78, 5) is 16.7. The van der Waals surface area contributed by atoms with Crippen LogP contribution < -0.4 is 0 Å². The monoisotopic (exact) mass is 353 g/mol. The van der Waals surface area contributed by atoms with Crippen molar-refractivity contribution in [1.82, 2.24) is 14.2 Å². The lowest BCUT2D eigenvalue weighted by Gasteiger charge is -2.25. The van der Waals surface area contributed by atoms with E-state index in [0.717, 1.165) is 0 Å². The normalized spacial score (nSPS) is 16.2. The predicted octanol–water partition coefficient (Wildman–Crippen LogP) is 0.901. The number of nitrogens with one attached hydrogen (secondary N) is 1. The Hall–Kier alpha value is -2.10. The Kier molecular flexibility index (Phi) is 4.74. The summed E-state index contributed by atoms with van der Waals surface area (Å²) in [6.45, 7) is 1.68. The van der Waals surface area contributed by atoms with Crippen LogP contribution in [-0.2, 0) is 21.3 Å². The Labute approximate surface area is 140 Å². The summed E-state index contributed by atoms with van der Waals surface area (Å²) in [5, 5.41) is 0. The minimum Gasteiger partial charge on any atom is -0.467 e. The molecule has 9 heteroatoms. The van der Waals surface area contributed by atoms with Crippen molar-refractivity contribution in [3.63, 3.8) is 0 Å². The van der Waals surface area contributed by atoms with Gasteiger partial charge in [0.1, 0.15) is 16.3 Å². The molecule has 3 heterocycles. The van der Waals surface area contributed by atoms with Gasteiger partial charge in [-0.15, -0.1) is 0 Å². The predicted molar refractivity (Wildman–Crippen MR) is 84.9 cm³/mol. The number of H-pyrrole nitrogens is 1. The first kappa shape index (κ1) is 16.7. The molecule has 0 atom stereocenters. The van der Waals surface area contributed by atoms with Crippen LogP contribution in [0.4, 0.5) is 0 Å². The van der Waals surface area contributed by atoms with Gasteiger partial charge in [-0.05, 0) is 18.2 Å². The van der Waals surface area contributed by atoms with Crippen LogP contribution in [0.5, 0.6) is 0 Å². The molecule has 0 spiro atoms. The maximum Gasteiger partial charge on any atom is 0.270 e. The molecule has 0 unspecified atom stereocenters. The van der Waals surface area contributed by atoms with E-state index in [1.807, 2.05) is 0 Å². The number of furan rings is 1. The van der Waals surface area contributed by atoms with E-state index in [-0.39, 0.29) is 16.5 Å². The highest BCUT2D eigenvalue weighted by Crippen LogP contribution is 2.19. The molecule has 0 bridgehead atoms. The first-order valence-electron chi connectivity index (χ1n) is 7.52. The van der Waals surface area contributed by atoms with Crippen LogP contribution in [0.2, 0.25) is 0 Å². The molecule has 0 aliphatic carbocycles. The molecule has 1 aliphatic heterocycles. The molecule has 24 heavy (non-hydrogen) atoms. The molecule has 130 valence electrons. The van der Waals surface area contributed by atoms with Gasteiger partial charge in [0, 0.05) is 26.3 Å². The van der Waals surface area contributed by atoms with Crippen LogP contribution in [0, 0.1) is 0 Å². The van der Waals surface area contributed by atoms with Crippen molar-refractivity contribution in [3.8, 4) is 0 Å². The molecule has 3 rings (SSSR count). The molecule has 1 aliphatic rings. The van der Waals surface area contributed by atoms with Crippen LogP contribution in [0.25, 0.3) is 0 Å². The minimum atomic E-state index is -3.62. The second-order valence-corrected chi connectivity index (χ2v) is 7.44. The lowest BCUT2D eigenvalue weighted by Crippen LogP contribution is -2.40. The van der Waals surface area contributed by atoms with E-state index in [9.17, 15) is 13.2 Å². The van der Waals surface area contributed by atoms with Crippen molar-refractivity contribution < 1.29 is 22.4 Å². The summed E-state index contributed by atoms with van der Waals surface area (Å²) in [7, 11) is -1.99. The smallest absolute Gasteiger partial charge is 0.270 e. The summed E-state index contributed by atoms with van der Waals surface area (Å²) in [6, 6.07) is 4.88. The summed E-state index contributed by atoms with van der Waals surface area (Å²) >= 11 is 0. The Balaban J connectivity index is 1.73. The molecule has 0 saturated carbocycles. The Bertz CT molecular complexity index is 791. The third kappa shape index (κ3) is 3.37. The number of amides is 1. The first-order valence-corrected chi connectivity index (χ1v) is 8.96. The molecular formula is C15H19N3O5S. The zero-order valence-electron chi connectivity index (χ0n) is 13.3. The SMILES string of the molecule is CN(Cc1ccco1)C(=O)c1cc(S(=O)(=O)N2CCOCC2)c[nH]1. The largest absolute Gasteiger partial charge is 0.467 e. The number of hydrogen-bond donors (Lipinski definition) is 1. The molecule has 1 saturated heterocycles. The van der Waals surface area contributed by atoms with Gasteiger partial charge in [0.25, 0.3) is 5.91 Å². The van der Waals surface area contributed by atoms with Crippen molar-refractivity contribution in [3.05, 3.63) is 42.1 Å². The lowest BCUT2D eigenvalue weighted by molar-refractivity contribution is 0.0730. The van der Waals surface area contributed by atoms with Crippen LogP contribution in [0.3, 0.4) is 0 Å². The van der Waals surface area contributed by atoms with Gasteiger partial charge in [-0.3, -0.25) is 4.79 Å². The van der Waals surface area contributed by atoms with Gasteiger partial charge in [0.2, 0.25) is 10.0 Å². The number of rotatable bonds is 5. The average molecular weight is 353 g/mol. The number of carbonyl (C=O) groups is 1. The van der Waals surface area contributed by atoms with Gasteiger partial charge in [0.15, 0.2) is 0 Å². The van der Waals surface area contributed by atoms with Gasteiger partial charge in [0.05, 0.1) is 26.0 Å². The molecule has 2 aromatic heterocycles. The Morgan fingerprint density at radius 3 is 2.79 bits per heavy atom. The fourth-order valence-corrected chi connectivity index (χ4v) is 3.90. The molecule has 1 N–H and O–H groups in total. The second kappa shape index (κ2) is 6.80. The van der Waals surface area contributed by atoms with Gasteiger partial charge in [-0.1, -0.05) is 0 Å². The third-order valence-electron chi connectivity index (χ3n) is 3.81. The van der Waals surface area contributed by atoms with E-state index in [0.29, 0.717) is 38.6 Å². The van der Waals surface area contributed by atoms with E-state index in [1.54, 1.807) is 19.2 Å². The van der Waals surface area contributed by atoms with E-state index in [1.165, 1.54) is 27.7 Å². The number of hydrogen-bond acceptors (Lipinski definition) is 5. The number of sulfonamides is 1. The topological polar surface area (TPSA) is 95.8 Å². The molecule has 2 aromatic rings. The number of aromatic nitrogens is 1. The molecule has 1 fully saturated rings. The van der Waals surface area contributed by atoms with Gasteiger partial charge >= 0.3 is 0 Å². The number of ether oxygens (including phenoxy) is 1. The van der Waals surface area contributed by atoms with Gasteiger partial charge < -0.3 is 19.0 Å². The summed E-state index contributed by atoms with van der Waals surface area (Å²) < 4.78 is 36.9. The molecule has 1 amide bonds. The lowest BCUT2D eigenvalue weighted by atomic mass is 10.3. The van der Waals surface area contributed by atoms with Crippen molar-refractivity contribution >= 4 is 15.9 Å². The van der Waals surface area contributed by atoms with E-state index >= 15 is 0 Å². The van der Waals surface area contributed by atoms with Gasteiger partial charge in [-0.25, -0.2) is 8.42 Å². The third-order valence-corrected chi connectivity index (χ3v) is 5.69. The van der Waals surface area contributed by atoms with E-state index in [4.69, 9.17) is 9.15 Å². The molecule has 8 nitrogen and oxygen atoms in total. The van der Waals surface area contributed by atoms with Crippen molar-refractivity contribution in [1.29, 1.82) is 0 Å². The van der Waals surface area contributed by atoms with Crippen LogP contribution in [0.15, 0.2) is 40.0 Å². The minimum absolute atomic E-state index is 0.0825.